The van der Waals surface area contributed by atoms with Crippen LogP contribution in [0, 0.1) is 11.3 Å². The molecule has 0 radical (unpaired) electrons. The number of hydrogen-bond donors (Lipinski definition) is 1. The SMILES string of the molecule is COc1cc(/C=C/C(=O)Nc2ccc(SC(F)F)cc2)ccc1OCC#N. The van der Waals surface area contributed by atoms with Gasteiger partial charge in [0.15, 0.2) is 18.1 Å². The van der Waals surface area contributed by atoms with Crippen LogP contribution in [0.25, 0.3) is 6.08 Å². The summed E-state index contributed by atoms with van der Waals surface area (Å²) in [6, 6.07) is 13.1. The predicted octanol–water partition coefficient (Wildman–Crippen LogP) is 4.56. The Balaban J connectivity index is 1.98. The highest BCUT2D eigenvalue weighted by atomic mass is 32.2. The Labute approximate surface area is 159 Å². The van der Waals surface area contributed by atoms with Crippen LogP contribution in [0.2, 0.25) is 0 Å². The van der Waals surface area contributed by atoms with E-state index < -0.39 is 5.76 Å². The number of alkyl halides is 2. The fraction of sp³-hybridized carbons (Fsp3) is 0.158. The van der Waals surface area contributed by atoms with Crippen LogP contribution < -0.4 is 14.8 Å². The van der Waals surface area contributed by atoms with Gasteiger partial charge in [-0.15, -0.1) is 0 Å². The number of carbonyl (C=O) groups excluding carboxylic acids is 1. The summed E-state index contributed by atoms with van der Waals surface area (Å²) in [5.74, 6) is -1.97. The number of anilines is 1. The maximum absolute atomic E-state index is 12.3. The fourth-order valence-electron chi connectivity index (χ4n) is 2.09. The van der Waals surface area contributed by atoms with Gasteiger partial charge in [-0.2, -0.15) is 14.0 Å². The molecule has 0 aliphatic carbocycles. The van der Waals surface area contributed by atoms with Gasteiger partial charge in [0.1, 0.15) is 6.07 Å². The Morgan fingerprint density at radius 2 is 2.00 bits per heavy atom. The predicted molar refractivity (Wildman–Crippen MR) is 100 cm³/mol. The lowest BCUT2D eigenvalue weighted by atomic mass is 10.2. The Kier molecular flexibility index (Phi) is 7.64. The number of nitriles is 1. The zero-order valence-corrected chi connectivity index (χ0v) is 15.1. The Hall–Kier alpha value is -3.05. The van der Waals surface area contributed by atoms with Crippen molar-refractivity contribution >= 4 is 29.4 Å². The standard InChI is InChI=1S/C19H16F2N2O3S/c1-25-17-12-13(2-8-16(17)26-11-10-22)3-9-18(24)23-14-4-6-15(7-5-14)27-19(20)21/h2-9,12,19H,11H2,1H3,(H,23,24)/b9-3+. The molecule has 27 heavy (non-hydrogen) atoms. The largest absolute Gasteiger partial charge is 0.493 e. The molecule has 8 heteroatoms. The number of methoxy groups -OCH3 is 1. The first-order chi connectivity index (χ1) is 13.0. The summed E-state index contributed by atoms with van der Waals surface area (Å²) < 4.78 is 35.0. The van der Waals surface area contributed by atoms with Crippen LogP contribution in [0.4, 0.5) is 14.5 Å². The summed E-state index contributed by atoms with van der Waals surface area (Å²) in [7, 11) is 1.48. The van der Waals surface area contributed by atoms with Crippen LogP contribution in [0.15, 0.2) is 53.4 Å². The summed E-state index contributed by atoms with van der Waals surface area (Å²) in [6.07, 6.45) is 2.93. The Morgan fingerprint density at radius 3 is 2.63 bits per heavy atom. The third-order valence-corrected chi connectivity index (χ3v) is 3.98. The third-order valence-electron chi connectivity index (χ3n) is 3.25. The second-order valence-electron chi connectivity index (χ2n) is 5.08. The molecule has 0 fully saturated rings. The number of nitrogens with one attached hydrogen (secondary N) is 1. The molecule has 0 saturated heterocycles. The van der Waals surface area contributed by atoms with Gasteiger partial charge in [-0.3, -0.25) is 4.79 Å². The van der Waals surface area contributed by atoms with Crippen molar-refractivity contribution in [3.8, 4) is 17.6 Å². The zero-order chi connectivity index (χ0) is 19.6. The van der Waals surface area contributed by atoms with E-state index in [-0.39, 0.29) is 12.5 Å². The molecule has 5 nitrogen and oxygen atoms in total. The molecule has 2 rings (SSSR count). The van der Waals surface area contributed by atoms with Crippen LogP contribution in [0.3, 0.4) is 0 Å². The molecule has 0 atom stereocenters. The second kappa shape index (κ2) is 10.2. The number of amides is 1. The van der Waals surface area contributed by atoms with Crippen molar-refractivity contribution in [2.24, 2.45) is 0 Å². The molecule has 0 aliphatic heterocycles. The van der Waals surface area contributed by atoms with Gasteiger partial charge < -0.3 is 14.8 Å². The topological polar surface area (TPSA) is 71.3 Å². The average molecular weight is 390 g/mol. The van der Waals surface area contributed by atoms with Gasteiger partial charge in [0.25, 0.3) is 5.76 Å². The minimum absolute atomic E-state index is 0.0947. The number of benzene rings is 2. The minimum atomic E-state index is -2.48. The van der Waals surface area contributed by atoms with E-state index in [2.05, 4.69) is 5.32 Å². The molecule has 0 aliphatic rings. The van der Waals surface area contributed by atoms with Crippen LogP contribution in [0.5, 0.6) is 11.5 Å². The van der Waals surface area contributed by atoms with Gasteiger partial charge in [-0.1, -0.05) is 17.8 Å². The van der Waals surface area contributed by atoms with Crippen molar-refractivity contribution in [2.75, 3.05) is 19.0 Å². The molecule has 0 heterocycles. The first-order valence-electron chi connectivity index (χ1n) is 7.73. The minimum Gasteiger partial charge on any atom is -0.493 e. The molecule has 140 valence electrons. The summed E-state index contributed by atoms with van der Waals surface area (Å²) in [5.41, 5.74) is 1.20. The van der Waals surface area contributed by atoms with Gasteiger partial charge in [0.2, 0.25) is 5.91 Å². The molecule has 0 aromatic heterocycles. The maximum Gasteiger partial charge on any atom is 0.288 e. The van der Waals surface area contributed by atoms with Crippen molar-refractivity contribution in [1.82, 2.24) is 0 Å². The number of hydrogen-bond acceptors (Lipinski definition) is 5. The highest BCUT2D eigenvalue weighted by Gasteiger charge is 2.06. The summed E-state index contributed by atoms with van der Waals surface area (Å²) >= 11 is 0.443. The molecule has 0 saturated carbocycles. The Bertz CT molecular complexity index is 849. The number of carbonyl (C=O) groups is 1. The first-order valence-corrected chi connectivity index (χ1v) is 8.61. The van der Waals surface area contributed by atoms with Crippen molar-refractivity contribution in [2.45, 2.75) is 10.7 Å². The molecule has 2 aromatic carbocycles. The van der Waals surface area contributed by atoms with E-state index in [4.69, 9.17) is 14.7 Å². The number of rotatable bonds is 8. The average Bonchev–Trinajstić information content (AvgIpc) is 2.66. The van der Waals surface area contributed by atoms with Gasteiger partial charge in [0, 0.05) is 16.7 Å². The van der Waals surface area contributed by atoms with Crippen molar-refractivity contribution in [1.29, 1.82) is 5.26 Å². The smallest absolute Gasteiger partial charge is 0.288 e. The van der Waals surface area contributed by atoms with Crippen molar-refractivity contribution in [3.05, 3.63) is 54.1 Å². The summed E-state index contributed by atoms with van der Waals surface area (Å²) in [5, 5.41) is 11.2. The molecular weight excluding hydrogens is 374 g/mol. The second-order valence-corrected chi connectivity index (χ2v) is 6.15. The van der Waals surface area contributed by atoms with Crippen LogP contribution in [0.1, 0.15) is 5.56 Å². The van der Waals surface area contributed by atoms with Gasteiger partial charge in [-0.25, -0.2) is 0 Å². The molecule has 1 N–H and O–H groups in total. The lowest BCUT2D eigenvalue weighted by molar-refractivity contribution is -0.111. The monoisotopic (exact) mass is 390 g/mol. The van der Waals surface area contributed by atoms with Gasteiger partial charge in [-0.05, 0) is 48.0 Å². The van der Waals surface area contributed by atoms with Gasteiger partial charge >= 0.3 is 0 Å². The lowest BCUT2D eigenvalue weighted by Crippen LogP contribution is -2.07. The molecule has 0 bridgehead atoms. The summed E-state index contributed by atoms with van der Waals surface area (Å²) in [6.45, 7) is -0.0947. The van der Waals surface area contributed by atoms with Crippen LogP contribution in [-0.4, -0.2) is 25.4 Å². The normalized spacial score (nSPS) is 10.6. The molecular formula is C19H16F2N2O3S. The van der Waals surface area contributed by atoms with E-state index in [0.717, 1.165) is 0 Å². The summed E-state index contributed by atoms with van der Waals surface area (Å²) in [4.78, 5) is 12.4. The molecule has 0 unspecified atom stereocenters. The van der Waals surface area contributed by atoms with E-state index in [1.165, 1.54) is 25.3 Å². The van der Waals surface area contributed by atoms with Gasteiger partial charge in [0.05, 0.1) is 7.11 Å². The number of thioether (sulfide) groups is 1. The number of halogens is 2. The van der Waals surface area contributed by atoms with Crippen LogP contribution >= 0.6 is 11.8 Å². The van der Waals surface area contributed by atoms with E-state index in [9.17, 15) is 13.6 Å². The lowest BCUT2D eigenvalue weighted by Gasteiger charge is -2.08. The van der Waals surface area contributed by atoms with E-state index in [0.29, 0.717) is 39.4 Å². The van der Waals surface area contributed by atoms with Crippen LogP contribution in [-0.2, 0) is 4.79 Å². The highest BCUT2D eigenvalue weighted by molar-refractivity contribution is 7.99. The molecule has 2 aromatic rings. The fourth-order valence-corrected chi connectivity index (χ4v) is 2.59. The van der Waals surface area contributed by atoms with E-state index in [1.807, 2.05) is 6.07 Å². The first kappa shape index (κ1) is 20.3. The number of ether oxygens (including phenoxy) is 2. The van der Waals surface area contributed by atoms with Crippen molar-refractivity contribution in [3.63, 3.8) is 0 Å². The van der Waals surface area contributed by atoms with Crippen molar-refractivity contribution < 1.29 is 23.0 Å². The maximum atomic E-state index is 12.3. The van der Waals surface area contributed by atoms with E-state index in [1.54, 1.807) is 36.4 Å². The van der Waals surface area contributed by atoms with E-state index >= 15 is 0 Å². The highest BCUT2D eigenvalue weighted by Crippen LogP contribution is 2.28. The Morgan fingerprint density at radius 1 is 1.26 bits per heavy atom. The third kappa shape index (κ3) is 6.64. The molecule has 1 amide bonds. The number of nitrogens with zero attached hydrogens (tertiary/aromatic N) is 1. The molecule has 0 spiro atoms. The zero-order valence-electron chi connectivity index (χ0n) is 14.3. The quantitative estimate of drug-likeness (QED) is 0.528.